The van der Waals surface area contributed by atoms with Crippen molar-refractivity contribution in [3.63, 3.8) is 0 Å². The fourth-order valence-corrected chi connectivity index (χ4v) is 2.29. The van der Waals surface area contributed by atoms with Crippen molar-refractivity contribution in [2.75, 3.05) is 19.8 Å². The van der Waals surface area contributed by atoms with E-state index in [4.69, 9.17) is 37.4 Å². The van der Waals surface area contributed by atoms with E-state index in [0.29, 0.717) is 29.0 Å². The van der Waals surface area contributed by atoms with Gasteiger partial charge in [0.1, 0.15) is 12.4 Å². The number of carbonyl (C=O) groups is 1. The predicted octanol–water partition coefficient (Wildman–Crippen LogP) is 3.34. The molecule has 4 nitrogen and oxygen atoms in total. The maximum absolute atomic E-state index is 12.2. The molecule has 2 rings (SSSR count). The Morgan fingerprint density at radius 1 is 1.35 bits per heavy atom. The van der Waals surface area contributed by atoms with Crippen LogP contribution in [0.3, 0.4) is 0 Å². The molecule has 0 radical (unpaired) electrons. The summed E-state index contributed by atoms with van der Waals surface area (Å²) in [4.78, 5) is 12.2. The molecule has 1 aromatic rings. The minimum Gasteiger partial charge on any atom is -0.484 e. The van der Waals surface area contributed by atoms with Gasteiger partial charge in [0.05, 0.1) is 23.7 Å². The third-order valence-electron chi connectivity index (χ3n) is 3.18. The Balaban J connectivity index is 1.97. The van der Waals surface area contributed by atoms with Crippen molar-refractivity contribution in [1.82, 2.24) is 0 Å². The molecule has 20 heavy (non-hydrogen) atoms. The van der Waals surface area contributed by atoms with Gasteiger partial charge in [0.15, 0.2) is 12.1 Å². The van der Waals surface area contributed by atoms with Gasteiger partial charge in [-0.1, -0.05) is 23.2 Å². The highest BCUT2D eigenvalue weighted by Gasteiger charge is 2.40. The fourth-order valence-electron chi connectivity index (χ4n) is 1.83. The molecule has 0 N–H and O–H groups in total. The zero-order valence-corrected chi connectivity index (χ0v) is 12.8. The summed E-state index contributed by atoms with van der Waals surface area (Å²) in [6.07, 6.45) is -0.528. The van der Waals surface area contributed by atoms with Gasteiger partial charge >= 0.3 is 0 Å². The zero-order valence-electron chi connectivity index (χ0n) is 11.3. The van der Waals surface area contributed by atoms with Gasteiger partial charge in [-0.15, -0.1) is 0 Å². The number of halogens is 2. The Morgan fingerprint density at radius 3 is 2.60 bits per heavy atom. The summed E-state index contributed by atoms with van der Waals surface area (Å²) in [5.74, 6) is 0.309. The lowest BCUT2D eigenvalue weighted by atomic mass is 9.87. The summed E-state index contributed by atoms with van der Waals surface area (Å²) >= 11 is 11.8. The SMILES string of the molecule is CC(C)(C(=O)COc1ccc(Cl)cc1Cl)C1OCCO1. The van der Waals surface area contributed by atoms with Gasteiger partial charge in [0.2, 0.25) is 0 Å². The molecular formula is C14H16Cl2O4. The van der Waals surface area contributed by atoms with Gasteiger partial charge in [-0.05, 0) is 32.0 Å². The van der Waals surface area contributed by atoms with E-state index in [2.05, 4.69) is 0 Å². The normalized spacial score (nSPS) is 16.4. The molecule has 1 aromatic carbocycles. The molecule has 6 heteroatoms. The maximum atomic E-state index is 12.2. The number of ether oxygens (including phenoxy) is 3. The van der Waals surface area contributed by atoms with Crippen LogP contribution in [-0.2, 0) is 14.3 Å². The van der Waals surface area contributed by atoms with Crippen LogP contribution in [0.25, 0.3) is 0 Å². The van der Waals surface area contributed by atoms with Crippen molar-refractivity contribution in [3.8, 4) is 5.75 Å². The van der Waals surface area contributed by atoms with E-state index in [1.165, 1.54) is 0 Å². The summed E-state index contributed by atoms with van der Waals surface area (Å²) in [6.45, 7) is 4.46. The van der Waals surface area contributed by atoms with Crippen molar-refractivity contribution in [2.45, 2.75) is 20.1 Å². The van der Waals surface area contributed by atoms with Crippen molar-refractivity contribution in [1.29, 1.82) is 0 Å². The van der Waals surface area contributed by atoms with Crippen LogP contribution in [0.1, 0.15) is 13.8 Å². The number of rotatable bonds is 5. The largest absolute Gasteiger partial charge is 0.484 e. The molecule has 1 heterocycles. The summed E-state index contributed by atoms with van der Waals surface area (Å²) in [6, 6.07) is 4.85. The molecule has 0 unspecified atom stereocenters. The second-order valence-electron chi connectivity index (χ2n) is 5.08. The molecule has 0 aromatic heterocycles. The Morgan fingerprint density at radius 2 is 2.00 bits per heavy atom. The predicted molar refractivity (Wildman–Crippen MR) is 76.4 cm³/mol. The van der Waals surface area contributed by atoms with Gasteiger partial charge in [-0.3, -0.25) is 4.79 Å². The molecule has 0 amide bonds. The lowest BCUT2D eigenvalue weighted by Gasteiger charge is -2.28. The molecule has 0 bridgehead atoms. The highest BCUT2D eigenvalue weighted by atomic mass is 35.5. The Bertz CT molecular complexity index is 496. The van der Waals surface area contributed by atoms with Crippen LogP contribution in [0.4, 0.5) is 0 Å². The van der Waals surface area contributed by atoms with Crippen LogP contribution >= 0.6 is 23.2 Å². The number of benzene rings is 1. The van der Waals surface area contributed by atoms with Crippen LogP contribution in [0, 0.1) is 5.41 Å². The molecule has 0 atom stereocenters. The number of hydrogen-bond donors (Lipinski definition) is 0. The summed E-state index contributed by atoms with van der Waals surface area (Å²) in [5, 5.41) is 0.887. The Kier molecular flexibility index (Phi) is 4.91. The van der Waals surface area contributed by atoms with Crippen molar-refractivity contribution < 1.29 is 19.0 Å². The lowest BCUT2D eigenvalue weighted by molar-refractivity contribution is -0.157. The first-order valence-electron chi connectivity index (χ1n) is 6.25. The van der Waals surface area contributed by atoms with E-state index < -0.39 is 11.7 Å². The molecule has 0 aliphatic carbocycles. The molecule has 0 saturated carbocycles. The van der Waals surface area contributed by atoms with E-state index in [9.17, 15) is 4.79 Å². The second kappa shape index (κ2) is 6.31. The van der Waals surface area contributed by atoms with E-state index in [1.807, 2.05) is 0 Å². The quantitative estimate of drug-likeness (QED) is 0.835. The first-order valence-corrected chi connectivity index (χ1v) is 7.01. The third kappa shape index (κ3) is 3.44. The topological polar surface area (TPSA) is 44.8 Å². The van der Waals surface area contributed by atoms with E-state index in [0.717, 1.165) is 0 Å². The summed E-state index contributed by atoms with van der Waals surface area (Å²) in [7, 11) is 0. The monoisotopic (exact) mass is 318 g/mol. The van der Waals surface area contributed by atoms with Crippen LogP contribution in [0.2, 0.25) is 10.0 Å². The van der Waals surface area contributed by atoms with E-state index >= 15 is 0 Å². The minimum absolute atomic E-state index is 0.0996. The molecule has 1 saturated heterocycles. The average Bonchev–Trinajstić information content (AvgIpc) is 2.91. The number of Topliss-reactive ketones (excluding diaryl/α,β-unsaturated/α-hetero) is 1. The summed E-state index contributed by atoms with van der Waals surface area (Å²) < 4.78 is 16.2. The van der Waals surface area contributed by atoms with Gasteiger partial charge in [-0.25, -0.2) is 0 Å². The molecule has 1 aliphatic heterocycles. The van der Waals surface area contributed by atoms with Crippen LogP contribution in [0.5, 0.6) is 5.75 Å². The molecular weight excluding hydrogens is 303 g/mol. The first kappa shape index (κ1) is 15.6. The van der Waals surface area contributed by atoms with E-state index in [1.54, 1.807) is 32.0 Å². The number of hydrogen-bond acceptors (Lipinski definition) is 4. The highest BCUT2D eigenvalue weighted by Crippen LogP contribution is 2.30. The number of carbonyl (C=O) groups excluding carboxylic acids is 1. The fraction of sp³-hybridized carbons (Fsp3) is 0.500. The van der Waals surface area contributed by atoms with Crippen molar-refractivity contribution in [3.05, 3.63) is 28.2 Å². The Hall–Kier alpha value is -0.810. The van der Waals surface area contributed by atoms with Crippen molar-refractivity contribution in [2.24, 2.45) is 5.41 Å². The molecule has 110 valence electrons. The smallest absolute Gasteiger partial charge is 0.180 e. The van der Waals surface area contributed by atoms with Crippen LogP contribution < -0.4 is 4.74 Å². The molecule has 1 aliphatic rings. The minimum atomic E-state index is -0.768. The van der Waals surface area contributed by atoms with Gasteiger partial charge in [0, 0.05) is 5.02 Å². The molecule has 1 fully saturated rings. The van der Waals surface area contributed by atoms with Crippen LogP contribution in [-0.4, -0.2) is 31.9 Å². The maximum Gasteiger partial charge on any atom is 0.180 e. The van der Waals surface area contributed by atoms with Gasteiger partial charge < -0.3 is 14.2 Å². The van der Waals surface area contributed by atoms with Gasteiger partial charge in [-0.2, -0.15) is 0 Å². The van der Waals surface area contributed by atoms with Crippen molar-refractivity contribution >= 4 is 29.0 Å². The Labute approximate surface area is 127 Å². The third-order valence-corrected chi connectivity index (χ3v) is 3.71. The zero-order chi connectivity index (χ0) is 14.8. The standard InChI is InChI=1S/C14H16Cl2O4/c1-14(2,13-18-5-6-19-13)12(17)8-20-11-4-3-9(15)7-10(11)16/h3-4,7,13H,5-6,8H2,1-2H3. The number of ketones is 1. The highest BCUT2D eigenvalue weighted by molar-refractivity contribution is 6.35. The lowest BCUT2D eigenvalue weighted by Crippen LogP contribution is -2.40. The van der Waals surface area contributed by atoms with E-state index in [-0.39, 0.29) is 12.4 Å². The average molecular weight is 319 g/mol. The first-order chi connectivity index (χ1) is 9.41. The summed E-state index contributed by atoms with van der Waals surface area (Å²) in [5.41, 5.74) is -0.768. The van der Waals surface area contributed by atoms with Gasteiger partial charge in [0.25, 0.3) is 0 Å². The van der Waals surface area contributed by atoms with Crippen LogP contribution in [0.15, 0.2) is 18.2 Å². The molecule has 0 spiro atoms. The second-order valence-corrected chi connectivity index (χ2v) is 5.93.